The van der Waals surface area contributed by atoms with Crippen molar-refractivity contribution in [3.63, 3.8) is 0 Å². The lowest BCUT2D eigenvalue weighted by Crippen LogP contribution is -2.16. The first kappa shape index (κ1) is 14.7. The topological polar surface area (TPSA) is 29.5 Å². The van der Waals surface area contributed by atoms with Gasteiger partial charge >= 0.3 is 6.36 Å². The summed E-state index contributed by atoms with van der Waals surface area (Å²) in [5.74, 6) is -0.286. The van der Waals surface area contributed by atoms with E-state index in [1.807, 2.05) is 0 Å². The summed E-state index contributed by atoms with van der Waals surface area (Å²) in [6.45, 7) is -0.164. The van der Waals surface area contributed by atoms with Crippen LogP contribution in [0.15, 0.2) is 42.5 Å². The highest BCUT2D eigenvalue weighted by Crippen LogP contribution is 2.28. The van der Waals surface area contributed by atoms with Crippen molar-refractivity contribution in [2.24, 2.45) is 0 Å². The van der Waals surface area contributed by atoms with Gasteiger partial charge in [-0.2, -0.15) is 0 Å². The van der Waals surface area contributed by atoms with Gasteiger partial charge in [-0.25, -0.2) is 0 Å². The Morgan fingerprint density at radius 2 is 1.65 bits per heavy atom. The Bertz CT molecular complexity index is 594. The first-order valence-electron chi connectivity index (χ1n) is 5.64. The minimum Gasteiger partial charge on any atom is -0.406 e. The fraction of sp³-hybridized carbons (Fsp3) is 0.143. The molecule has 2 aromatic rings. The van der Waals surface area contributed by atoms with Gasteiger partial charge in [-0.15, -0.1) is 13.2 Å². The number of ether oxygens (including phenoxy) is 1. The Hall–Kier alpha value is -1.72. The summed E-state index contributed by atoms with van der Waals surface area (Å²) in [5, 5.41) is 9.55. The van der Waals surface area contributed by atoms with Crippen molar-refractivity contribution in [2.75, 3.05) is 0 Å². The molecule has 0 aromatic heterocycles. The summed E-state index contributed by atoms with van der Waals surface area (Å²) < 4.78 is 39.9. The highest BCUT2D eigenvalue weighted by molar-refractivity contribution is 6.30. The molecule has 106 valence electrons. The lowest BCUT2D eigenvalue weighted by Gasteiger charge is -2.10. The van der Waals surface area contributed by atoms with E-state index in [2.05, 4.69) is 4.74 Å². The second kappa shape index (κ2) is 5.73. The number of alkyl halides is 3. The smallest absolute Gasteiger partial charge is 0.406 e. The van der Waals surface area contributed by atoms with Crippen molar-refractivity contribution >= 4 is 11.6 Å². The van der Waals surface area contributed by atoms with Crippen LogP contribution in [0, 0.1) is 0 Å². The van der Waals surface area contributed by atoms with Gasteiger partial charge in [-0.05, 0) is 47.0 Å². The van der Waals surface area contributed by atoms with Crippen LogP contribution in [0.3, 0.4) is 0 Å². The summed E-state index contributed by atoms with van der Waals surface area (Å²) in [6.07, 6.45) is -4.71. The van der Waals surface area contributed by atoms with Crippen LogP contribution in [-0.4, -0.2) is 11.5 Å². The van der Waals surface area contributed by atoms with E-state index in [9.17, 15) is 13.2 Å². The standard InChI is InChI=1S/C14H10ClF3O2/c15-12-6-9(8-19)5-11(7-12)10-1-3-13(4-2-10)20-14(16,17)18/h1-7,19H,8H2. The SMILES string of the molecule is OCc1cc(Cl)cc(-c2ccc(OC(F)(F)F)cc2)c1. The minimum absolute atomic E-state index is 0.164. The molecule has 0 spiro atoms. The van der Waals surface area contributed by atoms with E-state index >= 15 is 0 Å². The summed E-state index contributed by atoms with van der Waals surface area (Å²) in [4.78, 5) is 0. The quantitative estimate of drug-likeness (QED) is 0.910. The number of aliphatic hydroxyl groups excluding tert-OH is 1. The van der Waals surface area contributed by atoms with Crippen LogP contribution in [0.5, 0.6) is 5.75 Å². The van der Waals surface area contributed by atoms with Gasteiger partial charge in [0, 0.05) is 5.02 Å². The summed E-state index contributed by atoms with van der Waals surface area (Å²) in [5.41, 5.74) is 2.01. The van der Waals surface area contributed by atoms with Crippen LogP contribution in [0.25, 0.3) is 11.1 Å². The molecular formula is C14H10ClF3O2. The van der Waals surface area contributed by atoms with Crippen molar-refractivity contribution in [1.82, 2.24) is 0 Å². The molecule has 0 unspecified atom stereocenters. The average Bonchev–Trinajstić information content (AvgIpc) is 2.37. The van der Waals surface area contributed by atoms with Gasteiger partial charge in [0.05, 0.1) is 6.61 Å². The second-order valence-corrected chi connectivity index (χ2v) is 4.51. The predicted octanol–water partition coefficient (Wildman–Crippen LogP) is 4.40. The van der Waals surface area contributed by atoms with Crippen molar-refractivity contribution < 1.29 is 23.0 Å². The van der Waals surface area contributed by atoms with E-state index in [0.29, 0.717) is 21.7 Å². The third-order valence-corrected chi connectivity index (χ3v) is 2.78. The van der Waals surface area contributed by atoms with Gasteiger partial charge in [-0.1, -0.05) is 23.7 Å². The number of rotatable bonds is 3. The molecule has 2 aromatic carbocycles. The molecule has 1 N–H and O–H groups in total. The van der Waals surface area contributed by atoms with Crippen molar-refractivity contribution in [3.8, 4) is 16.9 Å². The van der Waals surface area contributed by atoms with Gasteiger partial charge in [0.2, 0.25) is 0 Å². The summed E-state index contributed by atoms with van der Waals surface area (Å²) in [6, 6.07) is 10.4. The molecule has 2 rings (SSSR count). The number of halogens is 4. The van der Waals surface area contributed by atoms with Crippen LogP contribution in [0.1, 0.15) is 5.56 Å². The van der Waals surface area contributed by atoms with Crippen LogP contribution in [0.2, 0.25) is 5.02 Å². The van der Waals surface area contributed by atoms with Gasteiger partial charge in [-0.3, -0.25) is 0 Å². The molecule has 0 radical (unpaired) electrons. The van der Waals surface area contributed by atoms with Crippen LogP contribution < -0.4 is 4.74 Å². The molecule has 0 saturated carbocycles. The van der Waals surface area contributed by atoms with Gasteiger partial charge in [0.25, 0.3) is 0 Å². The van der Waals surface area contributed by atoms with E-state index < -0.39 is 6.36 Å². The molecule has 0 aliphatic carbocycles. The van der Waals surface area contributed by atoms with Crippen molar-refractivity contribution in [2.45, 2.75) is 13.0 Å². The third-order valence-electron chi connectivity index (χ3n) is 2.56. The van der Waals surface area contributed by atoms with Gasteiger partial charge in [0.1, 0.15) is 5.75 Å². The lowest BCUT2D eigenvalue weighted by molar-refractivity contribution is -0.274. The average molecular weight is 303 g/mol. The van der Waals surface area contributed by atoms with Gasteiger partial charge in [0.15, 0.2) is 0 Å². The molecule has 0 aliphatic rings. The maximum Gasteiger partial charge on any atom is 0.573 e. The number of hydrogen-bond donors (Lipinski definition) is 1. The van der Waals surface area contributed by atoms with Crippen LogP contribution >= 0.6 is 11.6 Å². The van der Waals surface area contributed by atoms with E-state index in [-0.39, 0.29) is 12.4 Å². The summed E-state index contributed by atoms with van der Waals surface area (Å²) >= 11 is 5.91. The number of aliphatic hydroxyl groups is 1. The largest absolute Gasteiger partial charge is 0.573 e. The minimum atomic E-state index is -4.71. The molecule has 0 fully saturated rings. The zero-order valence-corrected chi connectivity index (χ0v) is 10.9. The highest BCUT2D eigenvalue weighted by Gasteiger charge is 2.30. The van der Waals surface area contributed by atoms with E-state index in [4.69, 9.17) is 16.7 Å². The zero-order valence-electron chi connectivity index (χ0n) is 10.1. The molecule has 0 saturated heterocycles. The molecule has 0 amide bonds. The maximum absolute atomic E-state index is 12.0. The molecule has 0 aliphatic heterocycles. The molecular weight excluding hydrogens is 293 g/mol. The predicted molar refractivity (Wildman–Crippen MR) is 69.5 cm³/mol. The Kier molecular flexibility index (Phi) is 4.20. The van der Waals surface area contributed by atoms with Gasteiger partial charge < -0.3 is 9.84 Å². The Morgan fingerprint density at radius 1 is 1.00 bits per heavy atom. The molecule has 2 nitrogen and oxygen atoms in total. The molecule has 0 atom stereocenters. The third kappa shape index (κ3) is 3.88. The fourth-order valence-corrected chi connectivity index (χ4v) is 2.02. The Morgan fingerprint density at radius 3 is 2.20 bits per heavy atom. The maximum atomic E-state index is 12.0. The van der Waals surface area contributed by atoms with Crippen molar-refractivity contribution in [3.05, 3.63) is 53.1 Å². The number of hydrogen-bond acceptors (Lipinski definition) is 2. The second-order valence-electron chi connectivity index (χ2n) is 4.08. The normalized spacial score (nSPS) is 11.4. The zero-order chi connectivity index (χ0) is 14.8. The van der Waals surface area contributed by atoms with Crippen molar-refractivity contribution in [1.29, 1.82) is 0 Å². The molecule has 20 heavy (non-hydrogen) atoms. The Labute approximate surface area is 118 Å². The molecule has 6 heteroatoms. The first-order valence-corrected chi connectivity index (χ1v) is 6.02. The monoisotopic (exact) mass is 302 g/mol. The highest BCUT2D eigenvalue weighted by atomic mass is 35.5. The lowest BCUT2D eigenvalue weighted by atomic mass is 10.0. The van der Waals surface area contributed by atoms with E-state index in [1.54, 1.807) is 18.2 Å². The summed E-state index contributed by atoms with van der Waals surface area (Å²) in [7, 11) is 0. The fourth-order valence-electron chi connectivity index (χ4n) is 1.76. The number of benzene rings is 2. The molecule has 0 heterocycles. The van der Waals surface area contributed by atoms with E-state index in [1.165, 1.54) is 24.3 Å². The first-order chi connectivity index (χ1) is 9.37. The van der Waals surface area contributed by atoms with Crippen LogP contribution in [0.4, 0.5) is 13.2 Å². The van der Waals surface area contributed by atoms with Crippen LogP contribution in [-0.2, 0) is 6.61 Å². The van der Waals surface area contributed by atoms with E-state index in [0.717, 1.165) is 0 Å². The Balaban J connectivity index is 2.28. The molecule has 0 bridgehead atoms.